The molecule has 6 nitrogen and oxygen atoms in total. The number of allylic oxidation sites excluding steroid dienone is 1. The van der Waals surface area contributed by atoms with Crippen LogP contribution in [0.15, 0.2) is 63.5 Å². The molecule has 154 valence electrons. The Labute approximate surface area is 179 Å². The van der Waals surface area contributed by atoms with Gasteiger partial charge in [-0.15, -0.1) is 0 Å². The van der Waals surface area contributed by atoms with Crippen molar-refractivity contribution in [1.82, 2.24) is 0 Å². The molecule has 2 aromatic rings. The second-order valence-electron chi connectivity index (χ2n) is 6.83. The van der Waals surface area contributed by atoms with Gasteiger partial charge in [-0.2, -0.15) is 0 Å². The van der Waals surface area contributed by atoms with Crippen molar-refractivity contribution in [2.45, 2.75) is 37.0 Å². The van der Waals surface area contributed by atoms with Gasteiger partial charge in [-0.3, -0.25) is 9.52 Å². The van der Waals surface area contributed by atoms with Crippen molar-refractivity contribution in [2.24, 2.45) is 0 Å². The molecule has 1 aliphatic carbocycles. The third-order valence-corrected chi connectivity index (χ3v) is 6.58. The Morgan fingerprint density at radius 2 is 1.69 bits per heavy atom. The number of benzene rings is 2. The van der Waals surface area contributed by atoms with E-state index in [1.54, 1.807) is 36.4 Å². The molecule has 8 heteroatoms. The highest BCUT2D eigenvalue weighted by Crippen LogP contribution is 2.29. The average Bonchev–Trinajstić information content (AvgIpc) is 2.70. The number of carbonyl (C=O) groups is 1. The molecule has 2 N–H and O–H groups in total. The summed E-state index contributed by atoms with van der Waals surface area (Å²) in [5, 5.41) is 2.76. The SMILES string of the molecule is COc1ccc(NC(=O)C=C2CCCCC2)cc1S(=O)(=O)Nc1ccc(Br)cc1. The monoisotopic (exact) mass is 478 g/mol. The number of halogens is 1. The fraction of sp³-hybridized carbons (Fsp3) is 0.286. The van der Waals surface area contributed by atoms with Gasteiger partial charge in [0.25, 0.3) is 10.0 Å². The lowest BCUT2D eigenvalue weighted by atomic mass is 9.94. The van der Waals surface area contributed by atoms with E-state index in [2.05, 4.69) is 26.0 Å². The molecule has 1 aliphatic rings. The van der Waals surface area contributed by atoms with Gasteiger partial charge < -0.3 is 10.1 Å². The maximum Gasteiger partial charge on any atom is 0.265 e. The van der Waals surface area contributed by atoms with Gasteiger partial charge >= 0.3 is 0 Å². The van der Waals surface area contributed by atoms with E-state index >= 15 is 0 Å². The fourth-order valence-electron chi connectivity index (χ4n) is 3.21. The van der Waals surface area contributed by atoms with E-state index in [9.17, 15) is 13.2 Å². The Bertz CT molecular complexity index is 1010. The summed E-state index contributed by atoms with van der Waals surface area (Å²) in [7, 11) is -2.51. The highest BCUT2D eigenvalue weighted by atomic mass is 79.9. The van der Waals surface area contributed by atoms with Crippen LogP contribution in [0, 0.1) is 0 Å². The topological polar surface area (TPSA) is 84.5 Å². The van der Waals surface area contributed by atoms with Crippen molar-refractivity contribution in [3.8, 4) is 5.75 Å². The molecule has 0 atom stereocenters. The van der Waals surface area contributed by atoms with Crippen molar-refractivity contribution >= 4 is 43.2 Å². The zero-order valence-corrected chi connectivity index (χ0v) is 18.5. The molecule has 0 radical (unpaired) electrons. The number of methoxy groups -OCH3 is 1. The van der Waals surface area contributed by atoms with Gasteiger partial charge in [0.15, 0.2) is 0 Å². The van der Waals surface area contributed by atoms with Gasteiger partial charge in [-0.05, 0) is 68.1 Å². The Balaban J connectivity index is 1.82. The van der Waals surface area contributed by atoms with Gasteiger partial charge in [0.05, 0.1) is 7.11 Å². The lowest BCUT2D eigenvalue weighted by Gasteiger charge is -2.15. The maximum absolute atomic E-state index is 12.9. The predicted molar refractivity (Wildman–Crippen MR) is 118 cm³/mol. The van der Waals surface area contributed by atoms with Crippen molar-refractivity contribution in [1.29, 1.82) is 0 Å². The molecule has 2 aromatic carbocycles. The molecular formula is C21H23BrN2O4S. The van der Waals surface area contributed by atoms with E-state index in [4.69, 9.17) is 4.74 Å². The minimum atomic E-state index is -3.91. The van der Waals surface area contributed by atoms with Crippen LogP contribution in [-0.4, -0.2) is 21.4 Å². The van der Waals surface area contributed by atoms with Gasteiger partial charge in [-0.25, -0.2) is 8.42 Å². The van der Waals surface area contributed by atoms with Crippen LogP contribution < -0.4 is 14.8 Å². The number of carbonyl (C=O) groups excluding carboxylic acids is 1. The van der Waals surface area contributed by atoms with Crippen LogP contribution in [0.5, 0.6) is 5.75 Å². The third-order valence-electron chi connectivity index (χ3n) is 4.65. The Morgan fingerprint density at radius 3 is 2.34 bits per heavy atom. The predicted octanol–water partition coefficient (Wildman–Crippen LogP) is 5.09. The first-order chi connectivity index (χ1) is 13.9. The van der Waals surface area contributed by atoms with Crippen LogP contribution in [0.4, 0.5) is 11.4 Å². The van der Waals surface area contributed by atoms with Crippen LogP contribution in [-0.2, 0) is 14.8 Å². The Kier molecular flexibility index (Phi) is 6.97. The van der Waals surface area contributed by atoms with Crippen LogP contribution in [0.25, 0.3) is 0 Å². The van der Waals surface area contributed by atoms with Gasteiger partial charge in [0.1, 0.15) is 10.6 Å². The first-order valence-corrected chi connectivity index (χ1v) is 11.6. The summed E-state index contributed by atoms with van der Waals surface area (Å²) in [5.41, 5.74) is 1.94. The summed E-state index contributed by atoms with van der Waals surface area (Å²) in [6, 6.07) is 11.3. The van der Waals surface area contributed by atoms with Gasteiger partial charge in [0.2, 0.25) is 5.91 Å². The number of sulfonamides is 1. The smallest absolute Gasteiger partial charge is 0.265 e. The minimum absolute atomic E-state index is 0.0500. The van der Waals surface area contributed by atoms with Crippen molar-refractivity contribution in [2.75, 3.05) is 17.1 Å². The molecule has 1 amide bonds. The van der Waals surface area contributed by atoms with Crippen LogP contribution >= 0.6 is 15.9 Å². The second-order valence-corrected chi connectivity index (χ2v) is 9.40. The summed E-state index contributed by atoms with van der Waals surface area (Å²) in [4.78, 5) is 12.3. The zero-order valence-electron chi connectivity index (χ0n) is 16.1. The number of anilines is 2. The molecule has 29 heavy (non-hydrogen) atoms. The Morgan fingerprint density at radius 1 is 1.03 bits per heavy atom. The molecule has 3 rings (SSSR count). The molecule has 0 saturated heterocycles. The number of hydrogen-bond donors (Lipinski definition) is 2. The molecule has 0 spiro atoms. The number of ether oxygens (including phenoxy) is 1. The van der Waals surface area contributed by atoms with E-state index < -0.39 is 10.0 Å². The first-order valence-electron chi connectivity index (χ1n) is 9.34. The highest BCUT2D eigenvalue weighted by molar-refractivity contribution is 9.10. The average molecular weight is 479 g/mol. The first kappa shape index (κ1) is 21.4. The summed E-state index contributed by atoms with van der Waals surface area (Å²) in [6.45, 7) is 0. The normalized spacial score (nSPS) is 14.2. The molecule has 0 heterocycles. The molecular weight excluding hydrogens is 456 g/mol. The quantitative estimate of drug-likeness (QED) is 0.566. The molecule has 0 aromatic heterocycles. The van der Waals surface area contributed by atoms with Crippen LogP contribution in [0.3, 0.4) is 0 Å². The second kappa shape index (κ2) is 9.45. The number of hydrogen-bond acceptors (Lipinski definition) is 4. The van der Waals surface area contributed by atoms with Gasteiger partial charge in [-0.1, -0.05) is 27.9 Å². The minimum Gasteiger partial charge on any atom is -0.495 e. The Hall–Kier alpha value is -2.32. The van der Waals surface area contributed by atoms with Gasteiger partial charge in [0, 0.05) is 21.9 Å². The van der Waals surface area contributed by atoms with E-state index in [1.807, 2.05) is 0 Å². The van der Waals surface area contributed by atoms with E-state index in [1.165, 1.54) is 25.7 Å². The lowest BCUT2D eigenvalue weighted by molar-refractivity contribution is -0.112. The molecule has 0 bridgehead atoms. The van der Waals surface area contributed by atoms with E-state index in [-0.39, 0.29) is 16.6 Å². The summed E-state index contributed by atoms with van der Waals surface area (Å²) >= 11 is 3.32. The largest absolute Gasteiger partial charge is 0.495 e. The standard InChI is InChI=1S/C21H23BrN2O4S/c1-28-19-12-11-18(23-21(25)13-15-5-3-2-4-6-15)14-20(19)29(26,27)24-17-9-7-16(22)8-10-17/h7-14,24H,2-6H2,1H3,(H,23,25). The number of amides is 1. The number of nitrogens with one attached hydrogen (secondary N) is 2. The van der Waals surface area contributed by atoms with Crippen molar-refractivity contribution in [3.05, 3.63) is 58.6 Å². The maximum atomic E-state index is 12.9. The molecule has 1 saturated carbocycles. The summed E-state index contributed by atoms with van der Waals surface area (Å²) in [5.74, 6) is -0.0606. The lowest BCUT2D eigenvalue weighted by Crippen LogP contribution is -2.15. The van der Waals surface area contributed by atoms with E-state index in [0.717, 1.165) is 35.7 Å². The van der Waals surface area contributed by atoms with Crippen molar-refractivity contribution in [3.63, 3.8) is 0 Å². The van der Waals surface area contributed by atoms with Crippen LogP contribution in [0.1, 0.15) is 32.1 Å². The van der Waals surface area contributed by atoms with Crippen molar-refractivity contribution < 1.29 is 17.9 Å². The fourth-order valence-corrected chi connectivity index (χ4v) is 4.73. The summed E-state index contributed by atoms with van der Waals surface area (Å²) < 4.78 is 34.4. The number of rotatable bonds is 6. The zero-order chi connectivity index (χ0) is 20.9. The summed E-state index contributed by atoms with van der Waals surface area (Å²) in [6.07, 6.45) is 6.90. The third kappa shape index (κ3) is 5.83. The molecule has 0 unspecified atom stereocenters. The van der Waals surface area contributed by atoms with E-state index in [0.29, 0.717) is 11.4 Å². The molecule has 0 aliphatic heterocycles. The van der Waals surface area contributed by atoms with Crippen LogP contribution in [0.2, 0.25) is 0 Å². The molecule has 1 fully saturated rings. The highest BCUT2D eigenvalue weighted by Gasteiger charge is 2.21.